The van der Waals surface area contributed by atoms with Gasteiger partial charge in [-0.25, -0.2) is 4.98 Å². The normalized spacial score (nSPS) is 11.4. The van der Waals surface area contributed by atoms with E-state index in [0.717, 1.165) is 22.4 Å². The highest BCUT2D eigenvalue weighted by Crippen LogP contribution is 2.31. The number of benzene rings is 3. The van der Waals surface area contributed by atoms with E-state index >= 15 is 0 Å². The molecule has 0 aliphatic rings. The second kappa shape index (κ2) is 10.2. The summed E-state index contributed by atoms with van der Waals surface area (Å²) in [6.07, 6.45) is -4.56. The standard InChI is InChI=1S/C27H20F3N5O3S/c1-14-6-8-19(31-24(36)16-4-3-5-18(11-16)27(28,29)30)13-21(14)32-25(37)17-7-9-20-22(12-17)39-26(33-20)34-23-10-15(2)38-35-23/h3-13H,1-2H3,(H,31,36)(H,32,37)(H,33,34,35). The van der Waals surface area contributed by atoms with Crippen LogP contribution >= 0.6 is 11.3 Å². The summed E-state index contributed by atoms with van der Waals surface area (Å²) < 4.78 is 44.9. The number of anilines is 4. The van der Waals surface area contributed by atoms with Crippen molar-refractivity contribution in [2.75, 3.05) is 16.0 Å². The van der Waals surface area contributed by atoms with Gasteiger partial charge in [0.05, 0.1) is 15.8 Å². The third-order valence-electron chi connectivity index (χ3n) is 5.71. The number of rotatable bonds is 6. The second-order valence-corrected chi connectivity index (χ2v) is 9.70. The van der Waals surface area contributed by atoms with Crippen LogP contribution in [0, 0.1) is 13.8 Å². The molecule has 0 atom stereocenters. The molecular weight excluding hydrogens is 531 g/mol. The van der Waals surface area contributed by atoms with E-state index in [1.807, 2.05) is 0 Å². The van der Waals surface area contributed by atoms with Gasteiger partial charge in [-0.2, -0.15) is 13.2 Å². The molecule has 3 aromatic carbocycles. The van der Waals surface area contributed by atoms with Crippen molar-refractivity contribution in [1.29, 1.82) is 0 Å². The van der Waals surface area contributed by atoms with Crippen LogP contribution in [0.5, 0.6) is 0 Å². The van der Waals surface area contributed by atoms with E-state index in [9.17, 15) is 22.8 Å². The van der Waals surface area contributed by atoms with Crippen molar-refractivity contribution in [3.05, 3.63) is 94.7 Å². The van der Waals surface area contributed by atoms with Gasteiger partial charge in [0.1, 0.15) is 5.76 Å². The van der Waals surface area contributed by atoms with Crippen LogP contribution in [-0.2, 0) is 6.18 Å². The van der Waals surface area contributed by atoms with Crippen LogP contribution in [0.2, 0.25) is 0 Å². The molecule has 198 valence electrons. The van der Waals surface area contributed by atoms with Crippen molar-refractivity contribution in [3.63, 3.8) is 0 Å². The van der Waals surface area contributed by atoms with Crippen LogP contribution in [0.4, 0.5) is 35.5 Å². The van der Waals surface area contributed by atoms with Crippen LogP contribution in [0.3, 0.4) is 0 Å². The topological polar surface area (TPSA) is 109 Å². The van der Waals surface area contributed by atoms with E-state index in [1.54, 1.807) is 56.3 Å². The molecule has 0 unspecified atom stereocenters. The fourth-order valence-corrected chi connectivity index (χ4v) is 4.64. The lowest BCUT2D eigenvalue weighted by Gasteiger charge is -2.13. The molecule has 0 saturated carbocycles. The van der Waals surface area contributed by atoms with Gasteiger partial charge in [-0.05, 0) is 67.9 Å². The predicted molar refractivity (Wildman–Crippen MR) is 143 cm³/mol. The number of hydrogen-bond acceptors (Lipinski definition) is 7. The van der Waals surface area contributed by atoms with E-state index < -0.39 is 17.6 Å². The van der Waals surface area contributed by atoms with Gasteiger partial charge in [-0.15, -0.1) is 0 Å². The number of aryl methyl sites for hydroxylation is 2. The number of hydrogen-bond donors (Lipinski definition) is 3. The zero-order chi connectivity index (χ0) is 27.7. The molecule has 5 rings (SSSR count). The van der Waals surface area contributed by atoms with Crippen LogP contribution in [0.15, 0.2) is 71.3 Å². The summed E-state index contributed by atoms with van der Waals surface area (Å²) in [5, 5.41) is 13.0. The average Bonchev–Trinajstić information content (AvgIpc) is 3.50. The van der Waals surface area contributed by atoms with Gasteiger partial charge < -0.3 is 20.5 Å². The Labute approximate surface area is 223 Å². The molecule has 39 heavy (non-hydrogen) atoms. The van der Waals surface area contributed by atoms with Gasteiger partial charge in [0.25, 0.3) is 11.8 Å². The molecule has 0 aliphatic carbocycles. The highest BCUT2D eigenvalue weighted by molar-refractivity contribution is 7.22. The Bertz CT molecular complexity index is 1710. The lowest BCUT2D eigenvalue weighted by Crippen LogP contribution is -2.15. The number of carbonyl (C=O) groups is 2. The number of fused-ring (bicyclic) bond motifs is 1. The first-order valence-electron chi connectivity index (χ1n) is 11.6. The third-order valence-corrected chi connectivity index (χ3v) is 6.64. The smallest absolute Gasteiger partial charge is 0.360 e. The molecular formula is C27H20F3N5O3S. The van der Waals surface area contributed by atoms with Crippen molar-refractivity contribution in [3.8, 4) is 0 Å². The number of halogens is 3. The molecule has 0 saturated heterocycles. The maximum Gasteiger partial charge on any atom is 0.416 e. The summed E-state index contributed by atoms with van der Waals surface area (Å²) in [5.74, 6) is 0.103. The number of alkyl halides is 3. The highest BCUT2D eigenvalue weighted by Gasteiger charge is 2.31. The van der Waals surface area contributed by atoms with Gasteiger partial charge in [0.2, 0.25) is 0 Å². The molecule has 0 bridgehead atoms. The van der Waals surface area contributed by atoms with Crippen LogP contribution in [0.25, 0.3) is 10.2 Å². The number of thiazole rings is 1. The number of amides is 2. The largest absolute Gasteiger partial charge is 0.416 e. The van der Waals surface area contributed by atoms with Gasteiger partial charge in [-0.1, -0.05) is 28.6 Å². The monoisotopic (exact) mass is 551 g/mol. The number of nitrogens with zero attached hydrogens (tertiary/aromatic N) is 2. The zero-order valence-corrected chi connectivity index (χ0v) is 21.3. The number of nitrogens with one attached hydrogen (secondary N) is 3. The lowest BCUT2D eigenvalue weighted by molar-refractivity contribution is -0.137. The molecule has 2 heterocycles. The predicted octanol–water partition coefficient (Wildman–Crippen LogP) is 7.17. The summed E-state index contributed by atoms with van der Waals surface area (Å²) in [6.45, 7) is 3.56. The molecule has 3 N–H and O–H groups in total. The Morgan fingerprint density at radius 3 is 2.41 bits per heavy atom. The fourth-order valence-electron chi connectivity index (χ4n) is 3.72. The van der Waals surface area contributed by atoms with E-state index in [0.29, 0.717) is 39.2 Å². The first-order valence-corrected chi connectivity index (χ1v) is 12.4. The van der Waals surface area contributed by atoms with Crippen LogP contribution in [-0.4, -0.2) is 22.0 Å². The zero-order valence-electron chi connectivity index (χ0n) is 20.5. The van der Waals surface area contributed by atoms with Gasteiger partial charge >= 0.3 is 6.18 Å². The van der Waals surface area contributed by atoms with Crippen molar-refractivity contribution >= 4 is 55.7 Å². The Hall–Kier alpha value is -4.71. The molecule has 0 radical (unpaired) electrons. The Morgan fingerprint density at radius 1 is 0.897 bits per heavy atom. The van der Waals surface area contributed by atoms with Crippen molar-refractivity contribution in [1.82, 2.24) is 10.1 Å². The minimum Gasteiger partial charge on any atom is -0.360 e. The molecule has 5 aromatic rings. The fraction of sp³-hybridized carbons (Fsp3) is 0.111. The van der Waals surface area contributed by atoms with E-state index in [4.69, 9.17) is 4.52 Å². The SMILES string of the molecule is Cc1cc(Nc2nc3ccc(C(=O)Nc4cc(NC(=O)c5cccc(C(F)(F)F)c5)ccc4C)cc3s2)no1. The molecule has 2 amide bonds. The first-order chi connectivity index (χ1) is 18.5. The quantitative estimate of drug-likeness (QED) is 0.206. The van der Waals surface area contributed by atoms with Gasteiger partial charge in [-0.3, -0.25) is 9.59 Å². The minimum atomic E-state index is -4.56. The maximum absolute atomic E-state index is 13.0. The summed E-state index contributed by atoms with van der Waals surface area (Å²) in [4.78, 5) is 30.1. The van der Waals surface area contributed by atoms with E-state index in [-0.39, 0.29) is 11.5 Å². The van der Waals surface area contributed by atoms with Crippen LogP contribution < -0.4 is 16.0 Å². The summed E-state index contributed by atoms with van der Waals surface area (Å²) in [6, 6.07) is 15.8. The van der Waals surface area contributed by atoms with Crippen molar-refractivity contribution < 1.29 is 27.3 Å². The molecule has 12 heteroatoms. The average molecular weight is 552 g/mol. The molecule has 0 spiro atoms. The van der Waals surface area contributed by atoms with Crippen molar-refractivity contribution in [2.45, 2.75) is 20.0 Å². The Kier molecular flexibility index (Phi) is 6.79. The van der Waals surface area contributed by atoms with Gasteiger partial charge in [0.15, 0.2) is 10.9 Å². The Balaban J connectivity index is 1.30. The van der Waals surface area contributed by atoms with E-state index in [2.05, 4.69) is 26.1 Å². The molecule has 0 fully saturated rings. The van der Waals surface area contributed by atoms with Crippen LogP contribution in [0.1, 0.15) is 37.6 Å². The number of carbonyl (C=O) groups excluding carboxylic acids is 2. The Morgan fingerprint density at radius 2 is 1.67 bits per heavy atom. The summed E-state index contributed by atoms with van der Waals surface area (Å²) in [7, 11) is 0. The van der Waals surface area contributed by atoms with Gasteiger partial charge in [0, 0.05) is 28.6 Å². The minimum absolute atomic E-state index is 0.138. The highest BCUT2D eigenvalue weighted by atomic mass is 32.1. The van der Waals surface area contributed by atoms with E-state index in [1.165, 1.54) is 23.5 Å². The lowest BCUT2D eigenvalue weighted by atomic mass is 10.1. The summed E-state index contributed by atoms with van der Waals surface area (Å²) >= 11 is 1.35. The summed E-state index contributed by atoms with van der Waals surface area (Å²) in [5.41, 5.74) is 1.53. The second-order valence-electron chi connectivity index (χ2n) is 8.67. The molecule has 8 nitrogen and oxygen atoms in total. The molecule has 0 aliphatic heterocycles. The first kappa shape index (κ1) is 25.9. The maximum atomic E-state index is 13.0. The number of aromatic nitrogens is 2. The van der Waals surface area contributed by atoms with Crippen molar-refractivity contribution in [2.24, 2.45) is 0 Å². The molecule has 2 aromatic heterocycles. The third kappa shape index (κ3) is 5.91.